The van der Waals surface area contributed by atoms with Gasteiger partial charge < -0.3 is 5.32 Å². The average Bonchev–Trinajstić information content (AvgIpc) is 2.55. The van der Waals surface area contributed by atoms with E-state index in [4.69, 9.17) is 0 Å². The third-order valence-electron chi connectivity index (χ3n) is 2.51. The first-order valence-electron chi connectivity index (χ1n) is 5.53. The molecule has 0 bridgehead atoms. The van der Waals surface area contributed by atoms with Gasteiger partial charge in [-0.05, 0) is 12.3 Å². The Kier molecular flexibility index (Phi) is 4.13. The predicted molar refractivity (Wildman–Crippen MR) is 62.6 cm³/mol. The van der Waals surface area contributed by atoms with E-state index in [-0.39, 0.29) is 18.8 Å². The number of rotatable bonds is 4. The highest BCUT2D eigenvalue weighted by atomic mass is 32.2. The first-order chi connectivity index (χ1) is 7.73. The summed E-state index contributed by atoms with van der Waals surface area (Å²) in [4.78, 5) is 23.2. The van der Waals surface area contributed by atoms with Crippen molar-refractivity contribution in [2.75, 3.05) is 12.8 Å². The van der Waals surface area contributed by atoms with Gasteiger partial charge >= 0.3 is 0 Å². The second-order valence-electron chi connectivity index (χ2n) is 4.65. The Morgan fingerprint density at radius 2 is 2.12 bits per heavy atom. The van der Waals surface area contributed by atoms with Crippen molar-refractivity contribution in [3.63, 3.8) is 0 Å². The van der Waals surface area contributed by atoms with Crippen LogP contribution in [0.2, 0.25) is 0 Å². The van der Waals surface area contributed by atoms with Crippen LogP contribution in [0.4, 0.5) is 0 Å². The number of hydrogen-bond donors (Lipinski definition) is 1. The Balaban J connectivity index is 2.77. The second kappa shape index (κ2) is 5.03. The van der Waals surface area contributed by atoms with Crippen LogP contribution < -0.4 is 5.32 Å². The topological polar surface area (TPSA) is 83.6 Å². The number of nitrogens with zero attached hydrogens (tertiary/aromatic N) is 1. The summed E-state index contributed by atoms with van der Waals surface area (Å²) in [6, 6.07) is -0.878. The second-order valence-corrected chi connectivity index (χ2v) is 6.51. The van der Waals surface area contributed by atoms with E-state index in [1.807, 2.05) is 13.8 Å². The molecular weight excluding hydrogens is 244 g/mol. The van der Waals surface area contributed by atoms with Gasteiger partial charge in [-0.25, -0.2) is 12.7 Å². The fourth-order valence-electron chi connectivity index (χ4n) is 1.74. The van der Waals surface area contributed by atoms with Crippen LogP contribution in [0.3, 0.4) is 0 Å². The van der Waals surface area contributed by atoms with Gasteiger partial charge in [0.15, 0.2) is 0 Å². The molecule has 0 aromatic carbocycles. The minimum Gasteiger partial charge on any atom is -0.354 e. The van der Waals surface area contributed by atoms with Crippen LogP contribution >= 0.6 is 0 Å². The quantitative estimate of drug-likeness (QED) is 0.754. The molecule has 2 amide bonds. The molecule has 98 valence electrons. The summed E-state index contributed by atoms with van der Waals surface area (Å²) in [6.45, 7) is 4.35. The van der Waals surface area contributed by atoms with E-state index in [1.54, 1.807) is 0 Å². The molecule has 1 aliphatic rings. The number of amides is 2. The molecule has 7 heteroatoms. The highest BCUT2D eigenvalue weighted by molar-refractivity contribution is 7.89. The first kappa shape index (κ1) is 14.0. The van der Waals surface area contributed by atoms with Gasteiger partial charge in [0.25, 0.3) is 0 Å². The molecule has 1 aliphatic heterocycles. The van der Waals surface area contributed by atoms with E-state index in [9.17, 15) is 18.0 Å². The average molecular weight is 262 g/mol. The zero-order valence-corrected chi connectivity index (χ0v) is 11.1. The minimum absolute atomic E-state index is 0.104. The lowest BCUT2D eigenvalue weighted by Gasteiger charge is -2.22. The smallest absolute Gasteiger partial charge is 0.244 e. The summed E-state index contributed by atoms with van der Waals surface area (Å²) < 4.78 is 23.5. The molecule has 1 N–H and O–H groups in total. The van der Waals surface area contributed by atoms with Crippen molar-refractivity contribution in [2.45, 2.75) is 32.7 Å². The molecule has 0 aromatic heterocycles. The van der Waals surface area contributed by atoms with Crippen LogP contribution in [0.1, 0.15) is 26.7 Å². The van der Waals surface area contributed by atoms with E-state index in [0.29, 0.717) is 10.8 Å². The third-order valence-corrected chi connectivity index (χ3v) is 3.68. The van der Waals surface area contributed by atoms with Crippen molar-refractivity contribution in [2.24, 2.45) is 5.92 Å². The Morgan fingerprint density at radius 1 is 1.53 bits per heavy atom. The van der Waals surface area contributed by atoms with E-state index < -0.39 is 27.9 Å². The normalized spacial score (nSPS) is 21.1. The van der Waals surface area contributed by atoms with Gasteiger partial charge in [0.05, 0.1) is 6.26 Å². The summed E-state index contributed by atoms with van der Waals surface area (Å²) >= 11 is 0. The van der Waals surface area contributed by atoms with Gasteiger partial charge in [0.1, 0.15) is 6.04 Å². The third kappa shape index (κ3) is 3.42. The maximum Gasteiger partial charge on any atom is 0.244 e. The van der Waals surface area contributed by atoms with Crippen LogP contribution in [0.15, 0.2) is 0 Å². The molecule has 0 radical (unpaired) electrons. The van der Waals surface area contributed by atoms with Gasteiger partial charge in [-0.2, -0.15) is 0 Å². The van der Waals surface area contributed by atoms with Crippen molar-refractivity contribution >= 4 is 21.8 Å². The summed E-state index contributed by atoms with van der Waals surface area (Å²) in [6.07, 6.45) is 1.31. The van der Waals surface area contributed by atoms with Crippen LogP contribution in [0.25, 0.3) is 0 Å². The summed E-state index contributed by atoms with van der Waals surface area (Å²) in [5, 5.41) is 2.65. The molecule has 0 spiro atoms. The lowest BCUT2D eigenvalue weighted by Crippen LogP contribution is -2.47. The van der Waals surface area contributed by atoms with Crippen molar-refractivity contribution in [1.29, 1.82) is 0 Å². The first-order valence-corrected chi connectivity index (χ1v) is 7.38. The molecule has 1 saturated heterocycles. The van der Waals surface area contributed by atoms with Gasteiger partial charge in [-0.15, -0.1) is 0 Å². The zero-order valence-electron chi connectivity index (χ0n) is 10.3. The van der Waals surface area contributed by atoms with Crippen molar-refractivity contribution in [3.8, 4) is 0 Å². The van der Waals surface area contributed by atoms with E-state index >= 15 is 0 Å². The standard InChI is InChI=1S/C10H18N2O4S/c1-7(2)6-11-10(14)8-4-5-9(13)12(8)17(3,15)16/h7-8H,4-6H2,1-3H3,(H,11,14). The maximum absolute atomic E-state index is 11.8. The SMILES string of the molecule is CC(C)CNC(=O)C1CCC(=O)N1S(C)(=O)=O. The molecule has 0 saturated carbocycles. The molecule has 1 atom stereocenters. The molecule has 0 aliphatic carbocycles. The molecular formula is C10H18N2O4S. The molecule has 1 heterocycles. The molecule has 1 rings (SSSR count). The number of carbonyl (C=O) groups is 2. The van der Waals surface area contributed by atoms with Crippen LogP contribution in [0, 0.1) is 5.92 Å². The largest absolute Gasteiger partial charge is 0.354 e. The van der Waals surface area contributed by atoms with Crippen LogP contribution in [-0.2, 0) is 19.6 Å². The van der Waals surface area contributed by atoms with Gasteiger partial charge in [0, 0.05) is 13.0 Å². The minimum atomic E-state index is -3.66. The number of carbonyl (C=O) groups excluding carboxylic acids is 2. The Morgan fingerprint density at radius 3 is 2.59 bits per heavy atom. The summed E-state index contributed by atoms with van der Waals surface area (Å²) in [5.74, 6) is -0.616. The molecule has 17 heavy (non-hydrogen) atoms. The number of hydrogen-bond acceptors (Lipinski definition) is 4. The highest BCUT2D eigenvalue weighted by Gasteiger charge is 2.41. The fraction of sp³-hybridized carbons (Fsp3) is 0.800. The lowest BCUT2D eigenvalue weighted by molar-refractivity contribution is -0.130. The molecule has 1 unspecified atom stereocenters. The predicted octanol–water partition coefficient (Wildman–Crippen LogP) is -0.291. The van der Waals surface area contributed by atoms with Crippen molar-refractivity contribution < 1.29 is 18.0 Å². The fourth-order valence-corrected chi connectivity index (χ4v) is 2.86. The number of nitrogens with one attached hydrogen (secondary N) is 1. The molecule has 1 fully saturated rings. The Hall–Kier alpha value is -1.11. The Labute approximate surface area is 101 Å². The van der Waals surface area contributed by atoms with Crippen LogP contribution in [0.5, 0.6) is 0 Å². The van der Waals surface area contributed by atoms with Crippen molar-refractivity contribution in [1.82, 2.24) is 9.62 Å². The highest BCUT2D eigenvalue weighted by Crippen LogP contribution is 2.21. The van der Waals surface area contributed by atoms with Crippen LogP contribution in [-0.4, -0.2) is 43.4 Å². The maximum atomic E-state index is 11.8. The molecule has 0 aromatic rings. The Bertz CT molecular complexity index is 416. The zero-order chi connectivity index (χ0) is 13.2. The summed E-state index contributed by atoms with van der Waals surface area (Å²) in [7, 11) is -3.66. The lowest BCUT2D eigenvalue weighted by atomic mass is 10.2. The van der Waals surface area contributed by atoms with E-state index in [2.05, 4.69) is 5.32 Å². The summed E-state index contributed by atoms with van der Waals surface area (Å²) in [5.41, 5.74) is 0. The monoisotopic (exact) mass is 262 g/mol. The van der Waals surface area contributed by atoms with Crippen molar-refractivity contribution in [3.05, 3.63) is 0 Å². The van der Waals surface area contributed by atoms with Gasteiger partial charge in [-0.1, -0.05) is 13.8 Å². The van der Waals surface area contributed by atoms with Gasteiger partial charge in [-0.3, -0.25) is 9.59 Å². The number of sulfonamides is 1. The molecule has 6 nitrogen and oxygen atoms in total. The van der Waals surface area contributed by atoms with E-state index in [0.717, 1.165) is 6.26 Å². The van der Waals surface area contributed by atoms with E-state index in [1.165, 1.54) is 0 Å². The van der Waals surface area contributed by atoms with Gasteiger partial charge in [0.2, 0.25) is 21.8 Å².